The number of ether oxygens (including phenoxy) is 2. The summed E-state index contributed by atoms with van der Waals surface area (Å²) in [6, 6.07) is 9.06. The van der Waals surface area contributed by atoms with Gasteiger partial charge in [0.05, 0.1) is 18.3 Å². The molecule has 4 N–H and O–H groups in total. The van der Waals surface area contributed by atoms with Crippen LogP contribution in [0.2, 0.25) is 0 Å². The lowest BCUT2D eigenvalue weighted by Gasteiger charge is -2.31. The number of halogens is 7. The first-order valence-electron chi connectivity index (χ1n) is 14.9. The number of rotatable bonds is 9. The molecular weight excluding hydrogens is 679 g/mol. The van der Waals surface area contributed by atoms with E-state index in [4.69, 9.17) is 15.2 Å². The summed E-state index contributed by atoms with van der Waals surface area (Å²) in [6.45, 7) is -0.494. The number of nitrogens with one attached hydrogen (secondary N) is 1. The van der Waals surface area contributed by atoms with Crippen molar-refractivity contribution in [2.24, 2.45) is 5.73 Å². The highest BCUT2D eigenvalue weighted by molar-refractivity contribution is 5.96. The van der Waals surface area contributed by atoms with Crippen molar-refractivity contribution in [2.45, 2.75) is 49.2 Å². The van der Waals surface area contributed by atoms with Crippen LogP contribution in [0, 0.1) is 5.82 Å². The Bertz CT molecular complexity index is 1970. The van der Waals surface area contributed by atoms with Gasteiger partial charge in [0.25, 0.3) is 5.91 Å². The van der Waals surface area contributed by atoms with Gasteiger partial charge in [0.15, 0.2) is 0 Å². The predicted octanol–water partition coefficient (Wildman–Crippen LogP) is 5.22. The van der Waals surface area contributed by atoms with Crippen molar-refractivity contribution in [3.63, 3.8) is 0 Å². The minimum Gasteiger partial charge on any atom is -0.490 e. The van der Waals surface area contributed by atoms with Crippen LogP contribution in [-0.4, -0.2) is 57.3 Å². The first-order valence-corrected chi connectivity index (χ1v) is 14.9. The monoisotopic (exact) mass is 705 g/mol. The molecule has 2 amide bonds. The molecule has 0 spiro atoms. The van der Waals surface area contributed by atoms with E-state index >= 15 is 0 Å². The molecule has 1 aliphatic carbocycles. The van der Waals surface area contributed by atoms with Gasteiger partial charge in [-0.2, -0.15) is 26.3 Å². The zero-order valence-electron chi connectivity index (χ0n) is 25.8. The Morgan fingerprint density at radius 2 is 1.68 bits per heavy atom. The predicted molar refractivity (Wildman–Crippen MR) is 160 cm³/mol. The number of pyridine rings is 1. The van der Waals surface area contributed by atoms with E-state index in [1.165, 1.54) is 37.3 Å². The van der Waals surface area contributed by atoms with Crippen LogP contribution in [0.15, 0.2) is 60.9 Å². The summed E-state index contributed by atoms with van der Waals surface area (Å²) in [7, 11) is 0. The first-order chi connectivity index (χ1) is 23.4. The van der Waals surface area contributed by atoms with Crippen LogP contribution in [0.25, 0.3) is 22.4 Å². The number of aromatic nitrogens is 3. The van der Waals surface area contributed by atoms with Gasteiger partial charge in [-0.3, -0.25) is 9.59 Å². The molecule has 3 heterocycles. The Hall–Kier alpha value is -5.32. The number of alkyl halides is 6. The quantitative estimate of drug-likeness (QED) is 0.201. The molecule has 1 fully saturated rings. The van der Waals surface area contributed by atoms with Gasteiger partial charge in [-0.25, -0.2) is 19.3 Å². The number of hydrogen-bond acceptors (Lipinski definition) is 8. The van der Waals surface area contributed by atoms with E-state index in [2.05, 4.69) is 20.3 Å². The maximum atomic E-state index is 14.8. The fourth-order valence-corrected chi connectivity index (χ4v) is 5.23. The van der Waals surface area contributed by atoms with Crippen LogP contribution in [0.5, 0.6) is 11.5 Å². The third-order valence-electron chi connectivity index (χ3n) is 8.41. The molecule has 17 heteroatoms. The van der Waals surface area contributed by atoms with Crippen molar-refractivity contribution in [3.05, 3.63) is 89.4 Å². The second kappa shape index (κ2) is 12.2. The maximum absolute atomic E-state index is 14.8. The van der Waals surface area contributed by atoms with Crippen molar-refractivity contribution < 1.29 is 54.9 Å². The molecule has 4 aromatic rings. The zero-order valence-corrected chi connectivity index (χ0v) is 25.8. The number of benzene rings is 2. The molecule has 50 heavy (non-hydrogen) atoms. The molecule has 1 aliphatic heterocycles. The Morgan fingerprint density at radius 1 is 1.02 bits per heavy atom. The number of carbonyl (C=O) groups is 2. The van der Waals surface area contributed by atoms with Crippen LogP contribution >= 0.6 is 0 Å². The summed E-state index contributed by atoms with van der Waals surface area (Å²) in [4.78, 5) is 36.5. The van der Waals surface area contributed by atoms with E-state index in [9.17, 15) is 45.4 Å². The van der Waals surface area contributed by atoms with E-state index in [0.29, 0.717) is 12.8 Å². The van der Waals surface area contributed by atoms with Crippen molar-refractivity contribution in [1.29, 1.82) is 0 Å². The topological polar surface area (TPSA) is 150 Å². The number of carbonyl (C=O) groups excluding carboxylic acids is 2. The fraction of sp³-hybridized carbons (Fsp3) is 0.303. The van der Waals surface area contributed by atoms with Crippen molar-refractivity contribution in [3.8, 4) is 33.9 Å². The lowest BCUT2D eigenvalue weighted by Crippen LogP contribution is -2.51. The van der Waals surface area contributed by atoms with Gasteiger partial charge in [-0.05, 0) is 68.3 Å². The molecule has 6 rings (SSSR count). The highest BCUT2D eigenvalue weighted by Gasteiger charge is 2.57. The summed E-state index contributed by atoms with van der Waals surface area (Å²) < 4.78 is 109. The number of nitrogens with zero attached hydrogens (tertiary/aromatic N) is 3. The number of primary amides is 1. The van der Waals surface area contributed by atoms with E-state index in [0.717, 1.165) is 30.6 Å². The minimum absolute atomic E-state index is 0.0329. The lowest BCUT2D eigenvalue weighted by molar-refractivity contribution is -0.265. The smallest absolute Gasteiger partial charge is 0.451 e. The molecule has 0 saturated heterocycles. The third kappa shape index (κ3) is 6.39. The number of aliphatic hydroxyl groups is 1. The highest BCUT2D eigenvalue weighted by Crippen LogP contribution is 2.48. The summed E-state index contributed by atoms with van der Waals surface area (Å²) >= 11 is 0. The standard InChI is InChI=1S/C33H26F7N5O5/c1-30(28(41)47)15-49-26-22(30)11-24(45-25(26)16-2-5-19(34)6-3-16)31(48,33(38,39)40)14-44-27(46)17-4-9-23(50-20-7-8-20)21(10-17)18-12-42-29(43-13-18)32(35,36)37/h2-6,9-13,20,48H,7-8,14-15H2,1H3,(H2,41,47)(H,44,46)/t30-,31-/m0/s1. The Kier molecular flexibility index (Phi) is 8.44. The van der Waals surface area contributed by atoms with Gasteiger partial charge in [0.1, 0.15) is 35.0 Å². The van der Waals surface area contributed by atoms with Gasteiger partial charge < -0.3 is 25.6 Å². The molecule has 10 nitrogen and oxygen atoms in total. The Balaban J connectivity index is 1.36. The largest absolute Gasteiger partial charge is 0.490 e. The summed E-state index contributed by atoms with van der Waals surface area (Å²) in [5, 5.41) is 13.4. The van der Waals surface area contributed by atoms with Crippen LogP contribution in [0.4, 0.5) is 30.7 Å². The van der Waals surface area contributed by atoms with E-state index in [-0.39, 0.29) is 57.7 Å². The SMILES string of the molecule is C[C@]1(C(N)=O)COc2c1cc([C@@](O)(CNC(=O)c1ccc(OC3CC3)c(-c3cnc(C(F)(F)F)nc3)c1)C(F)(F)F)nc2-c1ccc(F)cc1. The van der Waals surface area contributed by atoms with Gasteiger partial charge in [0, 0.05) is 40.2 Å². The zero-order chi connectivity index (χ0) is 36.2. The molecule has 0 bridgehead atoms. The van der Waals surface area contributed by atoms with Crippen LogP contribution in [-0.2, 0) is 22.0 Å². The van der Waals surface area contributed by atoms with E-state index in [1.807, 2.05) is 0 Å². The fourth-order valence-electron chi connectivity index (χ4n) is 5.23. The minimum atomic E-state index is -5.46. The first kappa shape index (κ1) is 34.5. The summed E-state index contributed by atoms with van der Waals surface area (Å²) in [6.07, 6.45) is -7.28. The Morgan fingerprint density at radius 3 is 2.26 bits per heavy atom. The van der Waals surface area contributed by atoms with Crippen LogP contribution in [0.1, 0.15) is 47.2 Å². The van der Waals surface area contributed by atoms with Crippen molar-refractivity contribution in [2.75, 3.05) is 13.2 Å². The molecular formula is C33H26F7N5O5. The van der Waals surface area contributed by atoms with E-state index in [1.54, 1.807) is 0 Å². The molecule has 0 radical (unpaired) electrons. The lowest BCUT2D eigenvalue weighted by atomic mass is 9.81. The van der Waals surface area contributed by atoms with Crippen LogP contribution in [0.3, 0.4) is 0 Å². The van der Waals surface area contributed by atoms with Gasteiger partial charge in [-0.1, -0.05) is 0 Å². The molecule has 1 saturated carbocycles. The van der Waals surface area contributed by atoms with E-state index < -0.39 is 59.1 Å². The molecule has 0 unspecified atom stereocenters. The summed E-state index contributed by atoms with van der Waals surface area (Å²) in [5.41, 5.74) is -1.29. The number of amides is 2. The average Bonchev–Trinajstić information content (AvgIpc) is 3.82. The number of hydrogen-bond donors (Lipinski definition) is 3. The number of fused-ring (bicyclic) bond motifs is 1. The number of nitrogens with two attached hydrogens (primary N) is 1. The second-order valence-electron chi connectivity index (χ2n) is 12.1. The van der Waals surface area contributed by atoms with Gasteiger partial charge in [-0.15, -0.1) is 0 Å². The Labute approximate surface area is 278 Å². The molecule has 2 aromatic heterocycles. The normalized spacial score (nSPS) is 18.5. The second-order valence-corrected chi connectivity index (χ2v) is 12.1. The maximum Gasteiger partial charge on any atom is 0.451 e. The third-order valence-corrected chi connectivity index (χ3v) is 8.41. The molecule has 2 aliphatic rings. The van der Waals surface area contributed by atoms with Gasteiger partial charge >= 0.3 is 12.4 Å². The van der Waals surface area contributed by atoms with Crippen LogP contribution < -0.4 is 20.5 Å². The molecule has 262 valence electrons. The highest BCUT2D eigenvalue weighted by atomic mass is 19.4. The summed E-state index contributed by atoms with van der Waals surface area (Å²) in [5.74, 6) is -4.02. The molecule has 2 atom stereocenters. The van der Waals surface area contributed by atoms with Crippen molar-refractivity contribution >= 4 is 11.8 Å². The van der Waals surface area contributed by atoms with Gasteiger partial charge in [0.2, 0.25) is 17.3 Å². The van der Waals surface area contributed by atoms with Crippen molar-refractivity contribution in [1.82, 2.24) is 20.3 Å². The average molecular weight is 706 g/mol. The molecule has 2 aromatic carbocycles.